The number of halogens is 2. The summed E-state index contributed by atoms with van der Waals surface area (Å²) >= 11 is 12.2. The third-order valence-electron chi connectivity index (χ3n) is 5.36. The minimum absolute atomic E-state index is 0.124. The molecule has 0 amide bonds. The van der Waals surface area contributed by atoms with E-state index in [1.807, 2.05) is 37.3 Å². The van der Waals surface area contributed by atoms with Crippen LogP contribution in [-0.4, -0.2) is 22.4 Å². The SMILES string of the molecule is Cc1cc2c(c3c1C(=O)/C(=C/c1cccnc1)O3)CN(Cc1ccc(Cl)c(Cl)c1)CO2. The summed E-state index contributed by atoms with van der Waals surface area (Å²) in [5, 5.41) is 1.05. The fraction of sp³-hybridized carbons (Fsp3) is 0.167. The molecule has 0 saturated carbocycles. The van der Waals surface area contributed by atoms with E-state index in [0.29, 0.717) is 46.9 Å². The number of fused-ring (bicyclic) bond motifs is 3. The molecule has 31 heavy (non-hydrogen) atoms. The van der Waals surface area contributed by atoms with Crippen LogP contribution >= 0.6 is 23.2 Å². The molecular formula is C24H18Cl2N2O3. The van der Waals surface area contributed by atoms with Gasteiger partial charge in [-0.1, -0.05) is 35.3 Å². The summed E-state index contributed by atoms with van der Waals surface area (Å²) in [7, 11) is 0. The zero-order chi connectivity index (χ0) is 21.5. The highest BCUT2D eigenvalue weighted by Gasteiger charge is 2.35. The number of Topliss-reactive ketones (excluding diaryl/α,β-unsaturated/α-hetero) is 1. The third kappa shape index (κ3) is 3.81. The fourth-order valence-corrected chi connectivity index (χ4v) is 4.21. The molecule has 5 rings (SSSR count). The number of hydrogen-bond donors (Lipinski definition) is 0. The van der Waals surface area contributed by atoms with Gasteiger partial charge in [-0.25, -0.2) is 0 Å². The molecule has 0 aliphatic carbocycles. The van der Waals surface area contributed by atoms with Crippen LogP contribution in [0.1, 0.15) is 32.6 Å². The maximum Gasteiger partial charge on any atom is 0.232 e. The number of ketones is 1. The van der Waals surface area contributed by atoms with Crippen LogP contribution in [0.2, 0.25) is 10.0 Å². The molecule has 0 bridgehead atoms. The van der Waals surface area contributed by atoms with Crippen molar-refractivity contribution in [2.24, 2.45) is 0 Å². The van der Waals surface area contributed by atoms with Crippen LogP contribution in [0.4, 0.5) is 0 Å². The molecule has 2 aromatic carbocycles. The molecule has 2 aliphatic heterocycles. The van der Waals surface area contributed by atoms with E-state index in [9.17, 15) is 4.79 Å². The first-order valence-electron chi connectivity index (χ1n) is 9.79. The Bertz CT molecular complexity index is 1230. The number of carbonyl (C=O) groups excluding carboxylic acids is 1. The number of ether oxygens (including phenoxy) is 2. The first kappa shape index (κ1) is 20.1. The highest BCUT2D eigenvalue weighted by Crippen LogP contribution is 2.44. The average molecular weight is 453 g/mol. The van der Waals surface area contributed by atoms with Gasteiger partial charge in [-0.2, -0.15) is 0 Å². The van der Waals surface area contributed by atoms with Crippen LogP contribution in [-0.2, 0) is 13.1 Å². The smallest absolute Gasteiger partial charge is 0.232 e. The molecule has 0 fully saturated rings. The molecule has 0 radical (unpaired) electrons. The predicted octanol–water partition coefficient (Wildman–Crippen LogP) is 5.67. The van der Waals surface area contributed by atoms with Crippen molar-refractivity contribution in [1.29, 1.82) is 0 Å². The topological polar surface area (TPSA) is 51.7 Å². The molecule has 0 unspecified atom stereocenters. The van der Waals surface area contributed by atoms with Crippen molar-refractivity contribution in [1.82, 2.24) is 9.88 Å². The highest BCUT2D eigenvalue weighted by atomic mass is 35.5. The third-order valence-corrected chi connectivity index (χ3v) is 6.10. The zero-order valence-corrected chi connectivity index (χ0v) is 18.2. The lowest BCUT2D eigenvalue weighted by molar-refractivity contribution is 0.0872. The molecule has 2 aliphatic rings. The molecule has 0 atom stereocenters. The average Bonchev–Trinajstić information content (AvgIpc) is 3.09. The summed E-state index contributed by atoms with van der Waals surface area (Å²) in [6, 6.07) is 11.2. The largest absolute Gasteiger partial charge is 0.478 e. The number of allylic oxidation sites excluding steroid dienone is 1. The lowest BCUT2D eigenvalue weighted by Gasteiger charge is -2.30. The second-order valence-electron chi connectivity index (χ2n) is 7.61. The monoisotopic (exact) mass is 452 g/mol. The van der Waals surface area contributed by atoms with Gasteiger partial charge < -0.3 is 9.47 Å². The Balaban J connectivity index is 1.45. The molecule has 7 heteroatoms. The first-order valence-corrected chi connectivity index (χ1v) is 10.5. The maximum atomic E-state index is 13.1. The van der Waals surface area contributed by atoms with Crippen LogP contribution in [0.5, 0.6) is 11.5 Å². The summed E-state index contributed by atoms with van der Waals surface area (Å²) < 4.78 is 12.1. The molecule has 3 heterocycles. The van der Waals surface area contributed by atoms with E-state index in [1.54, 1.807) is 24.5 Å². The van der Waals surface area contributed by atoms with Gasteiger partial charge >= 0.3 is 0 Å². The second-order valence-corrected chi connectivity index (χ2v) is 8.42. The Morgan fingerprint density at radius 2 is 2.06 bits per heavy atom. The Hall–Kier alpha value is -2.86. The van der Waals surface area contributed by atoms with Crippen LogP contribution in [0.25, 0.3) is 6.08 Å². The van der Waals surface area contributed by atoms with Crippen LogP contribution in [0.3, 0.4) is 0 Å². The standard InChI is InChI=1S/C24H18Cl2N2O3/c1-14-7-20-17(12-28(13-30-20)11-16-4-5-18(25)19(26)8-16)24-22(14)23(29)21(31-24)9-15-3-2-6-27-10-15/h2-10H,11-13H2,1H3/b21-9-. The number of hydrogen-bond acceptors (Lipinski definition) is 5. The number of aromatic nitrogens is 1. The Morgan fingerprint density at radius 1 is 1.19 bits per heavy atom. The van der Waals surface area contributed by atoms with E-state index in [-0.39, 0.29) is 5.78 Å². The summed E-state index contributed by atoms with van der Waals surface area (Å²) in [4.78, 5) is 19.3. The maximum absolute atomic E-state index is 13.1. The van der Waals surface area contributed by atoms with E-state index in [2.05, 4.69) is 9.88 Å². The molecule has 156 valence electrons. The van der Waals surface area contributed by atoms with Gasteiger partial charge in [-0.05, 0) is 54.0 Å². The van der Waals surface area contributed by atoms with Crippen molar-refractivity contribution in [2.75, 3.05) is 6.73 Å². The Morgan fingerprint density at radius 3 is 2.84 bits per heavy atom. The van der Waals surface area contributed by atoms with Gasteiger partial charge in [0.25, 0.3) is 0 Å². The lowest BCUT2D eigenvalue weighted by Crippen LogP contribution is -2.31. The Kier molecular flexibility index (Phi) is 5.18. The van der Waals surface area contributed by atoms with Gasteiger partial charge in [0.2, 0.25) is 5.78 Å². The van der Waals surface area contributed by atoms with Crippen molar-refractivity contribution >= 4 is 35.1 Å². The number of aryl methyl sites for hydroxylation is 1. The first-order chi connectivity index (χ1) is 15.0. The number of rotatable bonds is 3. The molecular weight excluding hydrogens is 435 g/mol. The second kappa shape index (κ2) is 8.00. The van der Waals surface area contributed by atoms with Gasteiger partial charge in [0, 0.05) is 25.5 Å². The van der Waals surface area contributed by atoms with Gasteiger partial charge in [-0.15, -0.1) is 0 Å². The van der Waals surface area contributed by atoms with Crippen molar-refractivity contribution in [2.45, 2.75) is 20.0 Å². The van der Waals surface area contributed by atoms with Crippen LogP contribution in [0, 0.1) is 6.92 Å². The highest BCUT2D eigenvalue weighted by molar-refractivity contribution is 6.42. The zero-order valence-electron chi connectivity index (χ0n) is 16.7. The Labute approximate surface area is 189 Å². The van der Waals surface area contributed by atoms with E-state index in [0.717, 1.165) is 28.0 Å². The van der Waals surface area contributed by atoms with Gasteiger partial charge in [-0.3, -0.25) is 14.7 Å². The van der Waals surface area contributed by atoms with E-state index in [1.165, 1.54) is 0 Å². The van der Waals surface area contributed by atoms with E-state index < -0.39 is 0 Å². The van der Waals surface area contributed by atoms with E-state index in [4.69, 9.17) is 32.7 Å². The molecule has 3 aromatic rings. The number of nitrogens with zero attached hydrogens (tertiary/aromatic N) is 2. The minimum Gasteiger partial charge on any atom is -0.478 e. The van der Waals surface area contributed by atoms with Crippen molar-refractivity contribution in [3.05, 3.63) is 92.4 Å². The normalized spacial score (nSPS) is 16.6. The lowest BCUT2D eigenvalue weighted by atomic mass is 9.98. The quantitative estimate of drug-likeness (QED) is 0.479. The fourth-order valence-electron chi connectivity index (χ4n) is 3.89. The molecule has 0 spiro atoms. The number of benzene rings is 2. The molecule has 1 aromatic heterocycles. The van der Waals surface area contributed by atoms with E-state index >= 15 is 0 Å². The van der Waals surface area contributed by atoms with Gasteiger partial charge in [0.05, 0.1) is 21.2 Å². The summed E-state index contributed by atoms with van der Waals surface area (Å²) in [6.07, 6.45) is 5.10. The van der Waals surface area contributed by atoms with Crippen molar-refractivity contribution < 1.29 is 14.3 Å². The summed E-state index contributed by atoms with van der Waals surface area (Å²) in [5.74, 6) is 1.49. The molecule has 0 N–H and O–H groups in total. The molecule has 5 nitrogen and oxygen atoms in total. The predicted molar refractivity (Wildman–Crippen MR) is 120 cm³/mol. The van der Waals surface area contributed by atoms with Gasteiger partial charge in [0.1, 0.15) is 18.2 Å². The summed E-state index contributed by atoms with van der Waals surface area (Å²) in [5.41, 5.74) is 4.14. The summed E-state index contributed by atoms with van der Waals surface area (Å²) in [6.45, 7) is 3.55. The van der Waals surface area contributed by atoms with Crippen molar-refractivity contribution in [3.8, 4) is 11.5 Å². The van der Waals surface area contributed by atoms with Gasteiger partial charge in [0.15, 0.2) is 5.76 Å². The van der Waals surface area contributed by atoms with Crippen LogP contribution in [0.15, 0.2) is 54.6 Å². The van der Waals surface area contributed by atoms with Crippen LogP contribution < -0.4 is 9.47 Å². The van der Waals surface area contributed by atoms with Crippen molar-refractivity contribution in [3.63, 3.8) is 0 Å². The minimum atomic E-state index is -0.124. The number of pyridine rings is 1. The molecule has 0 saturated heterocycles. The number of carbonyl (C=O) groups is 1.